The number of nitrogens with one attached hydrogen (secondary N) is 1. The Morgan fingerprint density at radius 2 is 1.65 bits per heavy atom. The van der Waals surface area contributed by atoms with E-state index in [0.29, 0.717) is 22.4 Å². The summed E-state index contributed by atoms with van der Waals surface area (Å²) in [5.74, 6) is 0.143. The minimum atomic E-state index is -0.285. The van der Waals surface area contributed by atoms with Crippen molar-refractivity contribution in [3.63, 3.8) is 0 Å². The van der Waals surface area contributed by atoms with Crippen molar-refractivity contribution in [1.29, 1.82) is 0 Å². The van der Waals surface area contributed by atoms with E-state index in [-0.39, 0.29) is 11.7 Å². The van der Waals surface area contributed by atoms with Gasteiger partial charge < -0.3 is 10.1 Å². The molecule has 1 amide bonds. The predicted octanol–water partition coefficient (Wildman–Crippen LogP) is 8.20. The van der Waals surface area contributed by atoms with Gasteiger partial charge in [0.25, 0.3) is 5.91 Å². The van der Waals surface area contributed by atoms with Gasteiger partial charge in [-0.05, 0) is 122 Å². The van der Waals surface area contributed by atoms with Crippen molar-refractivity contribution in [2.75, 3.05) is 0 Å². The molecule has 4 rings (SSSR count). The largest absolute Gasteiger partial charge is 0.487 e. The van der Waals surface area contributed by atoms with Crippen LogP contribution < -0.4 is 10.1 Å². The molecule has 1 aliphatic heterocycles. The van der Waals surface area contributed by atoms with Gasteiger partial charge in [-0.2, -0.15) is 0 Å². The normalized spacial score (nSPS) is 15.8. The first-order chi connectivity index (χ1) is 16.2. The molecule has 0 radical (unpaired) electrons. The first kappa shape index (κ1) is 25.2. The number of aliphatic imine (C=N–C) groups is 1. The van der Waals surface area contributed by atoms with Gasteiger partial charge in [0.05, 0.1) is 19.5 Å². The van der Waals surface area contributed by atoms with Crippen LogP contribution in [0, 0.1) is 19.7 Å². The van der Waals surface area contributed by atoms with Crippen LogP contribution in [-0.2, 0) is 11.4 Å². The van der Waals surface area contributed by atoms with E-state index in [1.807, 2.05) is 38.1 Å². The molecule has 0 atom stereocenters. The molecule has 3 aromatic carbocycles. The van der Waals surface area contributed by atoms with Crippen LogP contribution in [0.15, 0.2) is 71.8 Å². The number of carbonyl (C=O) groups is 1. The predicted molar refractivity (Wildman–Crippen MR) is 147 cm³/mol. The van der Waals surface area contributed by atoms with Crippen LogP contribution in [0.25, 0.3) is 6.08 Å². The fourth-order valence-electron chi connectivity index (χ4n) is 3.27. The van der Waals surface area contributed by atoms with E-state index in [4.69, 9.17) is 4.74 Å². The van der Waals surface area contributed by atoms with Gasteiger partial charge in [0, 0.05) is 4.47 Å². The highest BCUT2D eigenvalue weighted by molar-refractivity contribution is 9.11. The molecule has 174 valence electrons. The number of benzene rings is 3. The van der Waals surface area contributed by atoms with Gasteiger partial charge in [-0.25, -0.2) is 9.38 Å². The minimum absolute atomic E-state index is 0.196. The molecule has 3 aromatic rings. The van der Waals surface area contributed by atoms with Crippen LogP contribution in [0.3, 0.4) is 0 Å². The summed E-state index contributed by atoms with van der Waals surface area (Å²) in [7, 11) is 0. The summed E-state index contributed by atoms with van der Waals surface area (Å²) >= 11 is 11.9. The smallest absolute Gasteiger partial charge is 0.264 e. The molecule has 34 heavy (non-hydrogen) atoms. The van der Waals surface area contributed by atoms with Gasteiger partial charge in [-0.15, -0.1) is 0 Å². The Bertz CT molecular complexity index is 1290. The van der Waals surface area contributed by atoms with Crippen molar-refractivity contribution in [2.45, 2.75) is 20.5 Å². The summed E-state index contributed by atoms with van der Waals surface area (Å²) in [6, 6.07) is 13.9. The molecule has 1 heterocycles. The van der Waals surface area contributed by atoms with E-state index in [2.05, 4.69) is 58.1 Å². The number of nitrogens with zero attached hydrogens (tertiary/aromatic N) is 1. The lowest BCUT2D eigenvalue weighted by molar-refractivity contribution is -0.115. The number of amidine groups is 1. The van der Waals surface area contributed by atoms with E-state index in [0.717, 1.165) is 41.4 Å². The fraction of sp³-hybridized carbons (Fsp3) is 0.120. The van der Waals surface area contributed by atoms with Crippen LogP contribution in [0.1, 0.15) is 22.3 Å². The Morgan fingerprint density at radius 1 is 1.03 bits per heavy atom. The van der Waals surface area contributed by atoms with Gasteiger partial charge in [0.2, 0.25) is 0 Å². The molecule has 4 nitrogen and oxygen atoms in total. The first-order valence-electron chi connectivity index (χ1n) is 10.1. The van der Waals surface area contributed by atoms with Crippen molar-refractivity contribution in [3.8, 4) is 5.75 Å². The number of halogens is 4. The molecular formula is C25H18Br3FN2O2S. The summed E-state index contributed by atoms with van der Waals surface area (Å²) in [4.78, 5) is 17.7. The van der Waals surface area contributed by atoms with Gasteiger partial charge in [-0.3, -0.25) is 4.79 Å². The second-order valence-corrected chi connectivity index (χ2v) is 11.1. The van der Waals surface area contributed by atoms with E-state index in [9.17, 15) is 9.18 Å². The van der Waals surface area contributed by atoms with E-state index >= 15 is 0 Å². The molecule has 1 aliphatic rings. The Hall–Kier alpha value is -1.94. The number of hydrogen-bond donors (Lipinski definition) is 1. The third-order valence-corrected chi connectivity index (χ3v) is 8.26. The van der Waals surface area contributed by atoms with Crippen molar-refractivity contribution >= 4 is 82.4 Å². The summed E-state index contributed by atoms with van der Waals surface area (Å²) in [5, 5.41) is 3.37. The molecule has 0 aromatic heterocycles. The zero-order chi connectivity index (χ0) is 24.4. The summed E-state index contributed by atoms with van der Waals surface area (Å²) in [6.45, 7) is 4.31. The lowest BCUT2D eigenvalue weighted by Gasteiger charge is -2.11. The number of amides is 1. The maximum absolute atomic E-state index is 13.1. The van der Waals surface area contributed by atoms with Crippen molar-refractivity contribution < 1.29 is 13.9 Å². The summed E-state index contributed by atoms with van der Waals surface area (Å²) in [5.41, 5.74) is 4.63. The highest BCUT2D eigenvalue weighted by Crippen LogP contribution is 2.37. The van der Waals surface area contributed by atoms with Crippen molar-refractivity contribution in [2.24, 2.45) is 4.99 Å². The number of aryl methyl sites for hydroxylation is 2. The molecule has 1 N–H and O–H groups in total. The van der Waals surface area contributed by atoms with Gasteiger partial charge >= 0.3 is 0 Å². The molecule has 1 saturated heterocycles. The maximum Gasteiger partial charge on any atom is 0.264 e. The third-order valence-electron chi connectivity index (χ3n) is 4.92. The molecular weight excluding hydrogens is 651 g/mol. The van der Waals surface area contributed by atoms with Crippen molar-refractivity contribution in [1.82, 2.24) is 5.32 Å². The minimum Gasteiger partial charge on any atom is -0.487 e. The molecule has 0 unspecified atom stereocenters. The van der Waals surface area contributed by atoms with Crippen LogP contribution in [0.2, 0.25) is 0 Å². The number of carbonyl (C=O) groups excluding carboxylic acids is 1. The monoisotopic (exact) mass is 666 g/mol. The van der Waals surface area contributed by atoms with Gasteiger partial charge in [0.15, 0.2) is 5.17 Å². The lowest BCUT2D eigenvalue weighted by Crippen LogP contribution is -2.19. The molecule has 0 aliphatic carbocycles. The molecule has 0 bridgehead atoms. The van der Waals surface area contributed by atoms with Crippen molar-refractivity contribution in [3.05, 3.63) is 94.9 Å². The zero-order valence-electron chi connectivity index (χ0n) is 18.1. The van der Waals surface area contributed by atoms with E-state index in [1.54, 1.807) is 18.2 Å². The number of rotatable bonds is 5. The Labute approximate surface area is 226 Å². The Balaban J connectivity index is 1.51. The molecule has 9 heteroatoms. The average molecular weight is 669 g/mol. The third kappa shape index (κ3) is 6.00. The average Bonchev–Trinajstić information content (AvgIpc) is 3.11. The highest BCUT2D eigenvalue weighted by Gasteiger charge is 2.24. The fourth-order valence-corrected chi connectivity index (χ4v) is 5.80. The standard InChI is InChI=1S/C25H18Br3FN2O2S/c1-13-7-18(8-14(2)22(13)28)30-25-31-24(32)21(34-25)11-16-9-19(26)23(20(27)10-16)33-12-15-3-5-17(29)6-4-15/h3-11H,12H2,1-2H3,(H,30,31,32)/b21-11-. The molecule has 1 fully saturated rings. The number of ether oxygens (including phenoxy) is 1. The zero-order valence-corrected chi connectivity index (χ0v) is 23.7. The van der Waals surface area contributed by atoms with Crippen LogP contribution in [0.5, 0.6) is 5.75 Å². The van der Waals surface area contributed by atoms with Crippen LogP contribution >= 0.6 is 59.6 Å². The lowest BCUT2D eigenvalue weighted by atomic mass is 10.1. The number of hydrogen-bond acceptors (Lipinski definition) is 4. The Kier molecular flexibility index (Phi) is 7.97. The second kappa shape index (κ2) is 10.8. The SMILES string of the molecule is Cc1cc(N=C2NC(=O)/C(=C/c3cc(Br)c(OCc4ccc(F)cc4)c(Br)c3)S2)cc(C)c1Br. The maximum atomic E-state index is 13.1. The van der Waals surface area contributed by atoms with Crippen LogP contribution in [-0.4, -0.2) is 11.1 Å². The topological polar surface area (TPSA) is 50.7 Å². The highest BCUT2D eigenvalue weighted by atomic mass is 79.9. The van der Waals surface area contributed by atoms with Gasteiger partial charge in [0.1, 0.15) is 18.2 Å². The number of thioether (sulfide) groups is 1. The van der Waals surface area contributed by atoms with Crippen LogP contribution in [0.4, 0.5) is 10.1 Å². The quantitative estimate of drug-likeness (QED) is 0.279. The van der Waals surface area contributed by atoms with E-state index in [1.165, 1.54) is 23.9 Å². The van der Waals surface area contributed by atoms with Gasteiger partial charge in [-0.1, -0.05) is 28.1 Å². The first-order valence-corrected chi connectivity index (χ1v) is 13.3. The summed E-state index contributed by atoms with van der Waals surface area (Å²) < 4.78 is 21.5. The summed E-state index contributed by atoms with van der Waals surface area (Å²) in [6.07, 6.45) is 1.81. The molecule has 0 spiro atoms. The Morgan fingerprint density at radius 3 is 2.26 bits per heavy atom. The molecule has 0 saturated carbocycles. The van der Waals surface area contributed by atoms with E-state index < -0.39 is 0 Å². The second-order valence-electron chi connectivity index (χ2n) is 7.60.